The zero-order valence-corrected chi connectivity index (χ0v) is 60.7. The third-order valence-corrected chi connectivity index (χ3v) is 31.5. The topological polar surface area (TPSA) is 6.48 Å². The van der Waals surface area contributed by atoms with Gasteiger partial charge in [-0.1, -0.05) is 198 Å². The predicted molar refractivity (Wildman–Crippen MR) is 426 cm³/mol. The summed E-state index contributed by atoms with van der Waals surface area (Å²) in [6, 6.07) is 119. The Hall–Kier alpha value is -9.60. The number of para-hydroxylation sites is 4. The summed E-state index contributed by atoms with van der Waals surface area (Å²) in [5.74, 6) is 0. The Morgan fingerprint density at radius 1 is 0.258 bits per heavy atom. The van der Waals surface area contributed by atoms with Crippen molar-refractivity contribution in [2.45, 2.75) is 40.5 Å². The largest absolute Gasteiger partial charge is 0.310 e. The molecule has 0 atom stereocenters. The van der Waals surface area contributed by atoms with Crippen molar-refractivity contribution >= 4 is 137 Å². The molecule has 2 aliphatic carbocycles. The van der Waals surface area contributed by atoms with E-state index in [0.29, 0.717) is 0 Å². The zero-order valence-electron chi connectivity index (χ0n) is 54.6. The molecule has 468 valence electrons. The second kappa shape index (κ2) is 27.1. The minimum atomic E-state index is -2.05. The fourth-order valence-corrected chi connectivity index (χ4v) is 23.8. The average molecular weight is 1460 g/mol. The minimum Gasteiger partial charge on any atom is -0.310 e. The fraction of sp³-hybridized carbons (Fsp3) is 0.0769. The molecule has 0 aliphatic heterocycles. The van der Waals surface area contributed by atoms with Gasteiger partial charge in [0, 0.05) is 59.1 Å². The maximum atomic E-state index is 3.63. The van der Waals surface area contributed by atoms with Gasteiger partial charge in [0.25, 0.3) is 0 Å². The Balaban J connectivity index is 0.000000125. The second-order valence-electron chi connectivity index (χ2n) is 26.5. The summed E-state index contributed by atoms with van der Waals surface area (Å²) >= 11 is 5.51. The summed E-state index contributed by atoms with van der Waals surface area (Å²) in [6.07, 6.45) is 3.93. The number of anilines is 6. The number of thiophene rings is 2. The molecule has 16 aromatic rings. The van der Waals surface area contributed by atoms with E-state index in [9.17, 15) is 0 Å². The van der Waals surface area contributed by atoms with Gasteiger partial charge in [0.15, 0.2) is 0 Å². The van der Waals surface area contributed by atoms with Crippen LogP contribution in [0.25, 0.3) is 74.4 Å². The molecule has 0 saturated heterocycles. The molecule has 2 aromatic heterocycles. The van der Waals surface area contributed by atoms with Gasteiger partial charge < -0.3 is 9.80 Å². The molecule has 2 aliphatic rings. The van der Waals surface area contributed by atoms with Gasteiger partial charge in [0.1, 0.15) is 0 Å². The molecule has 0 spiro atoms. The molecule has 97 heavy (non-hydrogen) atoms. The third-order valence-electron chi connectivity index (χ3n) is 19.0. The van der Waals surface area contributed by atoms with E-state index >= 15 is 0 Å². The van der Waals surface area contributed by atoms with Crippen molar-refractivity contribution in [3.8, 4) is 31.3 Å². The first-order chi connectivity index (χ1) is 47.6. The second-order valence-corrected chi connectivity index (χ2v) is 44.8. The van der Waals surface area contributed by atoms with Gasteiger partial charge >= 0.3 is 123 Å². The van der Waals surface area contributed by atoms with Crippen molar-refractivity contribution in [2.75, 3.05) is 9.80 Å². The van der Waals surface area contributed by atoms with Crippen LogP contribution in [0.2, 0.25) is 14.8 Å². The van der Waals surface area contributed by atoms with Crippen molar-refractivity contribution in [3.05, 3.63) is 377 Å². The van der Waals surface area contributed by atoms with Crippen LogP contribution >= 0.6 is 38.6 Å². The number of benzene rings is 14. The van der Waals surface area contributed by atoms with E-state index in [-0.39, 0.29) is 0 Å². The smallest absolute Gasteiger partial charge is 0.0468 e. The van der Waals surface area contributed by atoms with Crippen LogP contribution < -0.4 is 12.7 Å². The number of fused-ring (bicyclic) bond motifs is 8. The molecule has 6 heteroatoms. The summed E-state index contributed by atoms with van der Waals surface area (Å²) in [6.45, 7) is 0. The van der Waals surface area contributed by atoms with E-state index in [0.717, 1.165) is 52.9 Å². The first-order valence-electron chi connectivity index (χ1n) is 33.6. The van der Waals surface area contributed by atoms with Crippen LogP contribution in [-0.4, -0.2) is 18.4 Å². The summed E-state index contributed by atoms with van der Waals surface area (Å²) < 4.78 is 2.84. The van der Waals surface area contributed by atoms with Crippen LogP contribution in [0.3, 0.4) is 0 Å². The van der Waals surface area contributed by atoms with Gasteiger partial charge in [0.2, 0.25) is 0 Å². The third kappa shape index (κ3) is 12.9. The van der Waals surface area contributed by atoms with Gasteiger partial charge in [-0.25, -0.2) is 0 Å². The molecule has 14 aromatic carbocycles. The predicted octanol–water partition coefficient (Wildman–Crippen LogP) is 26.0. The van der Waals surface area contributed by atoms with Crippen molar-refractivity contribution in [2.24, 2.45) is 0 Å². The standard InChI is InChI=1S/C44H31NS.C30H22BrN.C14H9S.3CH3.Sn/c1-4-12-30(13-5-1)43-41-18-10-11-19-42(41)44(46-43)33-21-20-31-24-36-28-37-29-40(23-22-32(37)25-35(36)27-34(31)26-33)45(38-14-6-2-7-15-38)39-16-8-3-9-17-39;31-27-13-11-21-15-24-18-26-20-30(14-12-22(26)16-23(24)17-25(21)19-27)32(28-7-3-1-4-8-28)29-9-5-2-6-10-29;1-2-6-11(7-3-1)14-13-9-5-4-8-12(13)10-15-14;;;;/h1-23,25-26,28-29H,24,27H2;1-14,16,18-20H,15,17H2;1-9H;3*1H3;. The summed E-state index contributed by atoms with van der Waals surface area (Å²) in [5, 5.41) is 10.8. The van der Waals surface area contributed by atoms with Crippen LogP contribution in [0, 0.1) is 0 Å². The van der Waals surface area contributed by atoms with Gasteiger partial charge in [-0.05, 0) is 194 Å². The molecule has 0 N–H and O–H groups in total. The van der Waals surface area contributed by atoms with E-state index in [1.165, 1.54) is 130 Å². The number of hydrogen-bond donors (Lipinski definition) is 0. The van der Waals surface area contributed by atoms with Crippen LogP contribution in [-0.2, 0) is 25.7 Å². The number of rotatable bonds is 10. The van der Waals surface area contributed by atoms with Crippen molar-refractivity contribution in [3.63, 3.8) is 0 Å². The van der Waals surface area contributed by atoms with Crippen molar-refractivity contribution < 1.29 is 0 Å². The molecule has 2 nitrogen and oxygen atoms in total. The average Bonchev–Trinajstić information content (AvgIpc) is 1.63. The molecule has 0 radical (unpaired) electrons. The van der Waals surface area contributed by atoms with Gasteiger partial charge in [0.05, 0.1) is 0 Å². The monoisotopic (exact) mass is 1450 g/mol. The van der Waals surface area contributed by atoms with Gasteiger partial charge in [-0.15, -0.1) is 11.3 Å². The van der Waals surface area contributed by atoms with Crippen LogP contribution in [0.5, 0.6) is 0 Å². The van der Waals surface area contributed by atoms with Crippen LogP contribution in [0.15, 0.2) is 332 Å². The molecular formula is C91H71BrN2S2Sn. The summed E-state index contributed by atoms with van der Waals surface area (Å²) in [5.41, 5.74) is 22.4. The number of halogens is 1. The van der Waals surface area contributed by atoms with E-state index in [2.05, 4.69) is 368 Å². The molecule has 18 rings (SSSR count). The maximum Gasteiger partial charge on any atom is 0.0468 e. The van der Waals surface area contributed by atoms with Gasteiger partial charge in [-0.2, -0.15) is 0 Å². The maximum absolute atomic E-state index is 3.63. The molecule has 0 saturated carbocycles. The summed E-state index contributed by atoms with van der Waals surface area (Å²) in [7, 11) is 0. The van der Waals surface area contributed by atoms with Crippen molar-refractivity contribution in [1.82, 2.24) is 0 Å². The Morgan fingerprint density at radius 3 is 1.02 bits per heavy atom. The zero-order chi connectivity index (χ0) is 65.4. The molecule has 2 heterocycles. The molecule has 0 bridgehead atoms. The Morgan fingerprint density at radius 2 is 0.588 bits per heavy atom. The summed E-state index contributed by atoms with van der Waals surface area (Å²) in [4.78, 5) is 16.3. The van der Waals surface area contributed by atoms with Crippen LogP contribution in [0.1, 0.15) is 44.5 Å². The molecule has 0 fully saturated rings. The van der Waals surface area contributed by atoms with E-state index < -0.39 is 18.4 Å². The molecular weight excluding hydrogens is 1380 g/mol. The Kier molecular flexibility index (Phi) is 17.4. The number of hydrogen-bond acceptors (Lipinski definition) is 4. The SMILES string of the molecule is Brc1ccc2c(c1)Cc1cc3ccc(N(c4ccccc4)c4ccccc4)cc3cc1C2.[CH3][Sn]([CH3])([CH3])[c]1sc(-c2ccccc2)c2ccccc12.c1ccc(-c2sc(-c3ccc4c(c3)Cc3cc5ccc(N(c6ccccc6)c6ccccc6)cc5cc3C4)c3ccccc23)cc1. The fourth-order valence-electron chi connectivity index (χ4n) is 14.3. The quantitative estimate of drug-likeness (QED) is 0.126. The molecule has 0 unspecified atom stereocenters. The first kappa shape index (κ1) is 62.2. The number of nitrogens with zero attached hydrogens (tertiary/aromatic N) is 2. The Bertz CT molecular complexity index is 5430. The normalized spacial score (nSPS) is 12.2. The minimum absolute atomic E-state index is 0.963. The van der Waals surface area contributed by atoms with E-state index in [4.69, 9.17) is 0 Å². The Labute approximate surface area is 590 Å². The first-order valence-corrected chi connectivity index (χ1v) is 46.0. The molecule has 0 amide bonds. The van der Waals surface area contributed by atoms with E-state index in [1.54, 1.807) is 2.89 Å². The van der Waals surface area contributed by atoms with Crippen molar-refractivity contribution in [1.29, 1.82) is 0 Å². The van der Waals surface area contributed by atoms with Gasteiger partial charge in [-0.3, -0.25) is 0 Å². The van der Waals surface area contributed by atoms with Crippen LogP contribution in [0.4, 0.5) is 34.1 Å². The van der Waals surface area contributed by atoms with E-state index in [1.807, 2.05) is 22.7 Å².